The first kappa shape index (κ1) is 23.4. The number of alkyl halides is 3. The molecular weight excluding hydrogens is 443 g/mol. The monoisotopic (exact) mass is 465 g/mol. The molecule has 4 rings (SSSR count). The van der Waals surface area contributed by atoms with E-state index in [1.807, 2.05) is 49.4 Å². The number of rotatable bonds is 6. The molecule has 0 fully saturated rings. The number of hydrogen-bond acceptors (Lipinski definition) is 5. The van der Waals surface area contributed by atoms with Crippen LogP contribution >= 0.6 is 0 Å². The van der Waals surface area contributed by atoms with Crippen molar-refractivity contribution < 1.29 is 22.7 Å². The van der Waals surface area contributed by atoms with Gasteiger partial charge in [-0.25, -0.2) is 9.78 Å². The van der Waals surface area contributed by atoms with Gasteiger partial charge in [0.05, 0.1) is 11.2 Å². The predicted octanol–water partition coefficient (Wildman–Crippen LogP) is 5.59. The van der Waals surface area contributed by atoms with Gasteiger partial charge in [-0.15, -0.1) is 0 Å². The molecule has 2 aromatic heterocycles. The van der Waals surface area contributed by atoms with Gasteiger partial charge in [-0.1, -0.05) is 49.4 Å². The van der Waals surface area contributed by atoms with E-state index in [1.54, 1.807) is 24.4 Å². The van der Waals surface area contributed by atoms with Gasteiger partial charge in [-0.3, -0.25) is 4.98 Å². The SMILES string of the molecule is CCc1nccc2nc(-c3ccc(CN)cc3)c(-c3cccc(COC(=O)C(F)(F)F)c3)cc12. The van der Waals surface area contributed by atoms with Gasteiger partial charge in [0.15, 0.2) is 0 Å². The van der Waals surface area contributed by atoms with Crippen molar-refractivity contribution in [3.8, 4) is 22.4 Å². The maximum absolute atomic E-state index is 12.5. The molecule has 0 aliphatic rings. The Labute approximate surface area is 194 Å². The number of ether oxygens (including phenoxy) is 1. The first-order chi connectivity index (χ1) is 16.3. The molecule has 0 unspecified atom stereocenters. The Balaban J connectivity index is 1.82. The van der Waals surface area contributed by atoms with Crippen molar-refractivity contribution in [1.29, 1.82) is 0 Å². The van der Waals surface area contributed by atoms with Crippen LogP contribution in [-0.2, 0) is 29.1 Å². The van der Waals surface area contributed by atoms with Crippen LogP contribution in [0, 0.1) is 0 Å². The number of fused-ring (bicyclic) bond motifs is 1. The normalized spacial score (nSPS) is 11.6. The summed E-state index contributed by atoms with van der Waals surface area (Å²) >= 11 is 0. The van der Waals surface area contributed by atoms with E-state index in [-0.39, 0.29) is 0 Å². The number of nitrogens with two attached hydrogens (primary N) is 1. The molecule has 2 heterocycles. The highest BCUT2D eigenvalue weighted by molar-refractivity contribution is 5.92. The molecule has 34 heavy (non-hydrogen) atoms. The van der Waals surface area contributed by atoms with Crippen molar-refractivity contribution in [2.75, 3.05) is 0 Å². The summed E-state index contributed by atoms with van der Waals surface area (Å²) in [6.07, 6.45) is -2.59. The molecule has 2 aromatic carbocycles. The van der Waals surface area contributed by atoms with Gasteiger partial charge in [0.25, 0.3) is 0 Å². The van der Waals surface area contributed by atoms with E-state index in [1.165, 1.54) is 0 Å². The number of esters is 1. The van der Waals surface area contributed by atoms with Gasteiger partial charge in [0.1, 0.15) is 6.61 Å². The van der Waals surface area contributed by atoms with Gasteiger partial charge >= 0.3 is 12.1 Å². The van der Waals surface area contributed by atoms with Crippen LogP contribution in [0.4, 0.5) is 13.2 Å². The molecule has 174 valence electrons. The number of pyridine rings is 2. The minimum atomic E-state index is -5.04. The molecule has 0 spiro atoms. The van der Waals surface area contributed by atoms with E-state index in [9.17, 15) is 18.0 Å². The van der Waals surface area contributed by atoms with E-state index in [0.29, 0.717) is 17.8 Å². The summed E-state index contributed by atoms with van der Waals surface area (Å²) in [4.78, 5) is 20.5. The third kappa shape index (κ3) is 4.92. The predicted molar refractivity (Wildman–Crippen MR) is 124 cm³/mol. The van der Waals surface area contributed by atoms with E-state index in [4.69, 9.17) is 10.7 Å². The number of carbonyl (C=O) groups excluding carboxylic acids is 1. The third-order valence-corrected chi connectivity index (χ3v) is 5.46. The van der Waals surface area contributed by atoms with Crippen LogP contribution in [0.25, 0.3) is 33.3 Å². The van der Waals surface area contributed by atoms with Crippen molar-refractivity contribution in [2.45, 2.75) is 32.7 Å². The first-order valence-corrected chi connectivity index (χ1v) is 10.7. The lowest BCUT2D eigenvalue weighted by atomic mass is 9.95. The highest BCUT2D eigenvalue weighted by Crippen LogP contribution is 2.35. The molecule has 5 nitrogen and oxygen atoms in total. The molecule has 8 heteroatoms. The van der Waals surface area contributed by atoms with Crippen LogP contribution in [-0.4, -0.2) is 22.1 Å². The molecule has 4 aromatic rings. The van der Waals surface area contributed by atoms with Gasteiger partial charge in [-0.05, 0) is 41.3 Å². The molecular formula is C26H22F3N3O2. The minimum absolute atomic E-state index is 0.419. The molecule has 0 aliphatic heterocycles. The molecule has 2 N–H and O–H groups in total. The van der Waals surface area contributed by atoms with Crippen molar-refractivity contribution in [1.82, 2.24) is 9.97 Å². The Bertz CT molecular complexity index is 1340. The number of aryl methyl sites for hydroxylation is 1. The average Bonchev–Trinajstić information content (AvgIpc) is 2.85. The summed E-state index contributed by atoms with van der Waals surface area (Å²) in [6, 6.07) is 18.5. The molecule has 0 aliphatic carbocycles. The number of nitrogens with zero attached hydrogens (tertiary/aromatic N) is 2. The van der Waals surface area contributed by atoms with E-state index >= 15 is 0 Å². The largest absolute Gasteiger partial charge is 0.490 e. The fourth-order valence-electron chi connectivity index (χ4n) is 3.73. The molecule has 0 amide bonds. The number of hydrogen-bond donors (Lipinski definition) is 1. The Morgan fingerprint density at radius 1 is 1.00 bits per heavy atom. The van der Waals surface area contributed by atoms with Crippen molar-refractivity contribution in [3.05, 3.63) is 83.7 Å². The summed E-state index contributed by atoms with van der Waals surface area (Å²) in [5.74, 6) is -2.22. The van der Waals surface area contributed by atoms with Gasteiger partial charge < -0.3 is 10.5 Å². The maximum Gasteiger partial charge on any atom is 0.490 e. The Kier molecular flexibility index (Phi) is 6.61. The zero-order valence-electron chi connectivity index (χ0n) is 18.4. The topological polar surface area (TPSA) is 78.1 Å². The van der Waals surface area contributed by atoms with Crippen molar-refractivity contribution in [3.63, 3.8) is 0 Å². The first-order valence-electron chi connectivity index (χ1n) is 10.7. The molecule has 0 atom stereocenters. The Hall–Kier alpha value is -3.78. The zero-order chi connectivity index (χ0) is 24.3. The maximum atomic E-state index is 12.5. The number of halogens is 3. The van der Waals surface area contributed by atoms with E-state index in [2.05, 4.69) is 9.72 Å². The Morgan fingerprint density at radius 2 is 1.76 bits per heavy atom. The highest BCUT2D eigenvalue weighted by atomic mass is 19.4. The Morgan fingerprint density at radius 3 is 2.44 bits per heavy atom. The van der Waals surface area contributed by atoms with Gasteiger partial charge in [0, 0.05) is 34.9 Å². The summed E-state index contributed by atoms with van der Waals surface area (Å²) in [6.45, 7) is 1.94. The van der Waals surface area contributed by atoms with Crippen LogP contribution in [0.5, 0.6) is 0 Å². The second-order valence-corrected chi connectivity index (χ2v) is 7.74. The van der Waals surface area contributed by atoms with Crippen molar-refractivity contribution in [2.24, 2.45) is 5.73 Å². The highest BCUT2D eigenvalue weighted by Gasteiger charge is 2.40. The molecule has 0 radical (unpaired) electrons. The van der Waals surface area contributed by atoms with Gasteiger partial charge in [0.2, 0.25) is 0 Å². The lowest BCUT2D eigenvalue weighted by molar-refractivity contribution is -0.201. The fraction of sp³-hybridized carbons (Fsp3) is 0.192. The molecule has 0 saturated carbocycles. The number of aromatic nitrogens is 2. The minimum Gasteiger partial charge on any atom is -0.454 e. The summed E-state index contributed by atoms with van der Waals surface area (Å²) in [5, 5.41) is 0.899. The third-order valence-electron chi connectivity index (χ3n) is 5.46. The van der Waals surface area contributed by atoms with E-state index < -0.39 is 18.8 Å². The van der Waals surface area contributed by atoms with Crippen LogP contribution in [0.3, 0.4) is 0 Å². The van der Waals surface area contributed by atoms with Crippen LogP contribution in [0.1, 0.15) is 23.7 Å². The molecule has 0 saturated heterocycles. The molecule has 0 bridgehead atoms. The smallest absolute Gasteiger partial charge is 0.454 e. The van der Waals surface area contributed by atoms with Gasteiger partial charge in [-0.2, -0.15) is 13.2 Å². The summed E-state index contributed by atoms with van der Waals surface area (Å²) in [7, 11) is 0. The zero-order valence-corrected chi connectivity index (χ0v) is 18.4. The lowest BCUT2D eigenvalue weighted by Crippen LogP contribution is -2.25. The van der Waals surface area contributed by atoms with E-state index in [0.717, 1.165) is 45.3 Å². The number of carbonyl (C=O) groups is 1. The standard InChI is InChI=1S/C26H22F3N3O2/c1-2-22-21-13-20(19-5-3-4-17(12-19)15-34-25(33)26(27,28)29)24(32-23(21)10-11-31-22)18-8-6-16(14-30)7-9-18/h3-13H,2,14-15,30H2,1H3. The summed E-state index contributed by atoms with van der Waals surface area (Å²) in [5.41, 5.74) is 12.0. The quantitative estimate of drug-likeness (QED) is 0.376. The lowest BCUT2D eigenvalue weighted by Gasteiger charge is -2.14. The van der Waals surface area contributed by atoms with Crippen LogP contribution < -0.4 is 5.73 Å². The average molecular weight is 465 g/mol. The van der Waals surface area contributed by atoms with Crippen LogP contribution in [0.2, 0.25) is 0 Å². The second-order valence-electron chi connectivity index (χ2n) is 7.74. The summed E-state index contributed by atoms with van der Waals surface area (Å²) < 4.78 is 42.0. The van der Waals surface area contributed by atoms with Crippen molar-refractivity contribution >= 4 is 16.9 Å². The van der Waals surface area contributed by atoms with Crippen LogP contribution in [0.15, 0.2) is 66.9 Å². The fourth-order valence-corrected chi connectivity index (χ4v) is 3.73. The second kappa shape index (κ2) is 9.61. The number of benzene rings is 2.